The van der Waals surface area contributed by atoms with Crippen molar-refractivity contribution in [3.05, 3.63) is 59.2 Å². The lowest BCUT2D eigenvalue weighted by molar-refractivity contribution is 0.102. The molecule has 3 heteroatoms. The molecule has 0 aliphatic rings. The van der Waals surface area contributed by atoms with Crippen LogP contribution in [-0.2, 0) is 0 Å². The van der Waals surface area contributed by atoms with E-state index in [2.05, 4.69) is 5.32 Å². The summed E-state index contributed by atoms with van der Waals surface area (Å²) in [5.74, 6) is -0.320. The van der Waals surface area contributed by atoms with Crippen LogP contribution in [0.1, 0.15) is 21.5 Å². The molecule has 2 N–H and O–H groups in total. The minimum Gasteiger partial charge on any atom is -0.507 e. The molecule has 0 atom stereocenters. The lowest BCUT2D eigenvalue weighted by atomic mass is 10.1. The van der Waals surface area contributed by atoms with Gasteiger partial charge in [0.25, 0.3) is 5.91 Å². The Balaban J connectivity index is 2.24. The summed E-state index contributed by atoms with van der Waals surface area (Å²) in [5, 5.41) is 12.4. The highest BCUT2D eigenvalue weighted by Gasteiger charge is 2.11. The third-order valence-electron chi connectivity index (χ3n) is 2.78. The number of amides is 1. The number of carbonyl (C=O) groups is 1. The zero-order valence-corrected chi connectivity index (χ0v) is 10.4. The summed E-state index contributed by atoms with van der Waals surface area (Å²) in [6.45, 7) is 3.94. The van der Waals surface area contributed by atoms with Crippen LogP contribution in [0.3, 0.4) is 0 Å². The first-order valence-corrected chi connectivity index (χ1v) is 5.74. The van der Waals surface area contributed by atoms with Crippen molar-refractivity contribution < 1.29 is 9.90 Å². The summed E-state index contributed by atoms with van der Waals surface area (Å²) in [6.07, 6.45) is 0. The van der Waals surface area contributed by atoms with Crippen molar-refractivity contribution in [1.82, 2.24) is 0 Å². The summed E-state index contributed by atoms with van der Waals surface area (Å²) < 4.78 is 0. The molecule has 2 aromatic carbocycles. The van der Waals surface area contributed by atoms with Gasteiger partial charge in [-0.2, -0.15) is 0 Å². The van der Waals surface area contributed by atoms with Gasteiger partial charge >= 0.3 is 0 Å². The summed E-state index contributed by atoms with van der Waals surface area (Å²) in [7, 11) is 0. The molecule has 0 unspecified atom stereocenters. The number of aromatic hydroxyl groups is 1. The van der Waals surface area contributed by atoms with Crippen LogP contribution in [0.25, 0.3) is 0 Å². The van der Waals surface area contributed by atoms with Crippen LogP contribution in [0, 0.1) is 13.8 Å². The molecule has 0 bridgehead atoms. The first-order valence-electron chi connectivity index (χ1n) is 5.74. The summed E-state index contributed by atoms with van der Waals surface area (Å²) in [5.41, 5.74) is 3.18. The van der Waals surface area contributed by atoms with Gasteiger partial charge in [-0.25, -0.2) is 0 Å². The van der Waals surface area contributed by atoms with Crippen LogP contribution >= 0.6 is 0 Å². The molecule has 0 saturated carbocycles. The topological polar surface area (TPSA) is 49.3 Å². The second-order valence-electron chi connectivity index (χ2n) is 4.29. The SMILES string of the molecule is Cc1ccc(NC(=O)c2ccccc2O)c(C)c1. The van der Waals surface area contributed by atoms with E-state index in [-0.39, 0.29) is 17.2 Å². The van der Waals surface area contributed by atoms with E-state index in [0.29, 0.717) is 0 Å². The normalized spacial score (nSPS) is 10.1. The van der Waals surface area contributed by atoms with Gasteiger partial charge in [-0.15, -0.1) is 0 Å². The van der Waals surface area contributed by atoms with Gasteiger partial charge in [0, 0.05) is 5.69 Å². The fourth-order valence-electron chi connectivity index (χ4n) is 1.81. The predicted octanol–water partition coefficient (Wildman–Crippen LogP) is 3.26. The zero-order valence-electron chi connectivity index (χ0n) is 10.4. The quantitative estimate of drug-likeness (QED) is 0.847. The van der Waals surface area contributed by atoms with Gasteiger partial charge in [0.05, 0.1) is 5.56 Å². The molecule has 0 radical (unpaired) electrons. The lowest BCUT2D eigenvalue weighted by Crippen LogP contribution is -2.12. The minimum absolute atomic E-state index is 0.0141. The number of anilines is 1. The van der Waals surface area contributed by atoms with Crippen molar-refractivity contribution in [2.45, 2.75) is 13.8 Å². The van der Waals surface area contributed by atoms with Gasteiger partial charge in [-0.3, -0.25) is 4.79 Å². The van der Waals surface area contributed by atoms with Gasteiger partial charge in [0.15, 0.2) is 0 Å². The van der Waals surface area contributed by atoms with Crippen LogP contribution in [0.5, 0.6) is 5.75 Å². The Kier molecular flexibility index (Phi) is 3.33. The third kappa shape index (κ3) is 2.51. The Hall–Kier alpha value is -2.29. The number of phenols is 1. The van der Waals surface area contributed by atoms with E-state index in [1.807, 2.05) is 32.0 Å². The number of benzene rings is 2. The number of carbonyl (C=O) groups excluding carboxylic acids is 1. The lowest BCUT2D eigenvalue weighted by Gasteiger charge is -2.09. The van der Waals surface area contributed by atoms with Crippen molar-refractivity contribution >= 4 is 11.6 Å². The smallest absolute Gasteiger partial charge is 0.259 e. The van der Waals surface area contributed by atoms with Crippen molar-refractivity contribution in [1.29, 1.82) is 0 Å². The number of aryl methyl sites for hydroxylation is 2. The number of hydrogen-bond donors (Lipinski definition) is 2. The average molecular weight is 241 g/mol. The maximum absolute atomic E-state index is 12.0. The number of hydrogen-bond acceptors (Lipinski definition) is 2. The number of phenolic OH excluding ortho intramolecular Hbond substituents is 1. The molecule has 0 heterocycles. The van der Waals surface area contributed by atoms with Crippen LogP contribution in [0.4, 0.5) is 5.69 Å². The predicted molar refractivity (Wildman–Crippen MR) is 72.0 cm³/mol. The van der Waals surface area contributed by atoms with Crippen molar-refractivity contribution in [2.24, 2.45) is 0 Å². The van der Waals surface area contributed by atoms with E-state index in [4.69, 9.17) is 0 Å². The van der Waals surface area contributed by atoms with Gasteiger partial charge in [-0.05, 0) is 37.6 Å². The maximum Gasteiger partial charge on any atom is 0.259 e. The first kappa shape index (κ1) is 12.2. The molecule has 0 fully saturated rings. The van der Waals surface area contributed by atoms with Crippen molar-refractivity contribution in [2.75, 3.05) is 5.32 Å². The Labute approximate surface area is 106 Å². The van der Waals surface area contributed by atoms with Crippen molar-refractivity contribution in [3.8, 4) is 5.75 Å². The van der Waals surface area contributed by atoms with Crippen LogP contribution in [-0.4, -0.2) is 11.0 Å². The van der Waals surface area contributed by atoms with E-state index in [1.165, 1.54) is 6.07 Å². The van der Waals surface area contributed by atoms with E-state index < -0.39 is 0 Å². The summed E-state index contributed by atoms with van der Waals surface area (Å²) >= 11 is 0. The number of nitrogens with one attached hydrogen (secondary N) is 1. The molecule has 0 spiro atoms. The van der Waals surface area contributed by atoms with Gasteiger partial charge in [-0.1, -0.05) is 29.8 Å². The van der Waals surface area contributed by atoms with E-state index in [9.17, 15) is 9.90 Å². The van der Waals surface area contributed by atoms with Crippen molar-refractivity contribution in [3.63, 3.8) is 0 Å². The van der Waals surface area contributed by atoms with Crippen LogP contribution < -0.4 is 5.32 Å². The molecule has 3 nitrogen and oxygen atoms in total. The minimum atomic E-state index is -0.306. The second kappa shape index (κ2) is 4.92. The molecule has 18 heavy (non-hydrogen) atoms. The molecule has 0 aliphatic carbocycles. The molecule has 1 amide bonds. The second-order valence-corrected chi connectivity index (χ2v) is 4.29. The fraction of sp³-hybridized carbons (Fsp3) is 0.133. The molecule has 0 aliphatic heterocycles. The van der Waals surface area contributed by atoms with E-state index >= 15 is 0 Å². The fourth-order valence-corrected chi connectivity index (χ4v) is 1.81. The molecule has 0 aromatic heterocycles. The highest BCUT2D eigenvalue weighted by molar-refractivity contribution is 6.06. The molecule has 0 saturated heterocycles. The molecule has 2 rings (SSSR count). The average Bonchev–Trinajstić information content (AvgIpc) is 2.33. The molecule has 92 valence electrons. The van der Waals surface area contributed by atoms with Gasteiger partial charge < -0.3 is 10.4 Å². The first-order chi connectivity index (χ1) is 8.58. The summed E-state index contributed by atoms with van der Waals surface area (Å²) in [4.78, 5) is 12.0. The molecular formula is C15H15NO2. The van der Waals surface area contributed by atoms with Gasteiger partial charge in [0.1, 0.15) is 5.75 Å². The molecule has 2 aromatic rings. The Morgan fingerprint density at radius 1 is 1.11 bits per heavy atom. The van der Waals surface area contributed by atoms with E-state index in [1.54, 1.807) is 18.2 Å². The molecular weight excluding hydrogens is 226 g/mol. The number of rotatable bonds is 2. The highest BCUT2D eigenvalue weighted by atomic mass is 16.3. The highest BCUT2D eigenvalue weighted by Crippen LogP contribution is 2.20. The van der Waals surface area contributed by atoms with Crippen LogP contribution in [0.15, 0.2) is 42.5 Å². The Bertz CT molecular complexity index is 591. The zero-order chi connectivity index (χ0) is 13.1. The maximum atomic E-state index is 12.0. The third-order valence-corrected chi connectivity index (χ3v) is 2.78. The Morgan fingerprint density at radius 3 is 2.50 bits per heavy atom. The van der Waals surface area contributed by atoms with Gasteiger partial charge in [0.2, 0.25) is 0 Å². The Morgan fingerprint density at radius 2 is 1.83 bits per heavy atom. The van der Waals surface area contributed by atoms with Crippen LogP contribution in [0.2, 0.25) is 0 Å². The van der Waals surface area contributed by atoms with E-state index in [0.717, 1.165) is 16.8 Å². The summed E-state index contributed by atoms with van der Waals surface area (Å²) in [6, 6.07) is 12.3. The standard InChI is InChI=1S/C15H15NO2/c1-10-7-8-13(11(2)9-10)16-15(18)12-5-3-4-6-14(12)17/h3-9,17H,1-2H3,(H,16,18). The number of para-hydroxylation sites is 1. The monoisotopic (exact) mass is 241 g/mol. The largest absolute Gasteiger partial charge is 0.507 e.